The first-order chi connectivity index (χ1) is 17.1. The minimum Gasteiger partial charge on any atom is -0.484 e. The van der Waals surface area contributed by atoms with Crippen molar-refractivity contribution in [1.82, 2.24) is 14.5 Å². The monoisotopic (exact) mass is 521 g/mol. The van der Waals surface area contributed by atoms with Gasteiger partial charge in [0, 0.05) is 12.7 Å². The molecule has 0 atom stereocenters. The maximum atomic E-state index is 14.3. The van der Waals surface area contributed by atoms with Gasteiger partial charge in [-0.1, -0.05) is 23.7 Å². The predicted octanol–water partition coefficient (Wildman–Crippen LogP) is 5.55. The molecule has 8 nitrogen and oxygen atoms in total. The molecule has 2 aromatic heterocycles. The fourth-order valence-electron chi connectivity index (χ4n) is 3.70. The lowest BCUT2D eigenvalue weighted by molar-refractivity contribution is -0.137. The van der Waals surface area contributed by atoms with Crippen LogP contribution in [0.25, 0.3) is 11.2 Å². The van der Waals surface area contributed by atoms with Gasteiger partial charge < -0.3 is 24.7 Å². The molecule has 36 heavy (non-hydrogen) atoms. The number of carbonyl (C=O) groups is 1. The first-order valence-electron chi connectivity index (χ1n) is 10.5. The smallest absolute Gasteiger partial charge is 0.416 e. The molecule has 0 spiro atoms. The minimum absolute atomic E-state index is 0.00822. The molecule has 1 amide bonds. The quantitative estimate of drug-likeness (QED) is 0.342. The highest BCUT2D eigenvalue weighted by Gasteiger charge is 2.32. The van der Waals surface area contributed by atoms with E-state index < -0.39 is 23.5 Å². The van der Waals surface area contributed by atoms with Gasteiger partial charge in [0.1, 0.15) is 24.5 Å². The molecule has 0 saturated carbocycles. The number of imidazole rings is 1. The van der Waals surface area contributed by atoms with Crippen LogP contribution >= 0.6 is 11.6 Å². The number of ether oxygens (including phenoxy) is 2. The standard InChI is InChI=1S/C23H16ClF4N5O3/c1-33-17-19-18(35-8-9-36-19)16(21(34)29-12-5-2-4-11(10-12)23(26,27)28)30-20(17)32-22(33)31-15-13(24)6-3-7-14(15)25/h2-7,10H,8-9H2,1H3,(H,29,34)(H,30,31,32). The lowest BCUT2D eigenvalue weighted by atomic mass is 10.2. The van der Waals surface area contributed by atoms with E-state index in [0.717, 1.165) is 12.1 Å². The predicted molar refractivity (Wildman–Crippen MR) is 124 cm³/mol. The van der Waals surface area contributed by atoms with Gasteiger partial charge in [-0.3, -0.25) is 4.79 Å². The Kier molecular flexibility index (Phi) is 5.83. The van der Waals surface area contributed by atoms with Crippen molar-refractivity contribution >= 4 is 46.0 Å². The van der Waals surface area contributed by atoms with Crippen LogP contribution < -0.4 is 20.1 Å². The van der Waals surface area contributed by atoms with Gasteiger partial charge in [0.05, 0.1) is 16.3 Å². The van der Waals surface area contributed by atoms with Crippen LogP contribution in [-0.4, -0.2) is 33.7 Å². The highest BCUT2D eigenvalue weighted by molar-refractivity contribution is 6.33. The second-order valence-corrected chi connectivity index (χ2v) is 8.14. The third-order valence-corrected chi connectivity index (χ3v) is 5.68. The molecule has 0 saturated heterocycles. The summed E-state index contributed by atoms with van der Waals surface area (Å²) in [6.07, 6.45) is -4.58. The van der Waals surface area contributed by atoms with Crippen molar-refractivity contribution in [3.8, 4) is 11.5 Å². The summed E-state index contributed by atoms with van der Waals surface area (Å²) in [5.41, 5.74) is -0.826. The second kappa shape index (κ2) is 8.86. The van der Waals surface area contributed by atoms with Crippen LogP contribution in [0.3, 0.4) is 0 Å². The summed E-state index contributed by atoms with van der Waals surface area (Å²) in [6.45, 7) is 0.297. The average molecular weight is 522 g/mol. The SMILES string of the molecule is Cn1c(Nc2c(F)cccc2Cl)nc2nc(C(=O)Nc3cccc(C(F)(F)F)c3)c3c(c21)OCCO3. The van der Waals surface area contributed by atoms with E-state index in [1.165, 1.54) is 34.9 Å². The minimum atomic E-state index is -4.58. The van der Waals surface area contributed by atoms with Crippen molar-refractivity contribution in [1.29, 1.82) is 0 Å². The Labute approximate surface area is 205 Å². The molecular formula is C23H16ClF4N5O3. The summed E-state index contributed by atoms with van der Waals surface area (Å²) in [7, 11) is 1.62. The topological polar surface area (TPSA) is 90.3 Å². The molecule has 2 N–H and O–H groups in total. The van der Waals surface area contributed by atoms with Gasteiger partial charge in [0.25, 0.3) is 5.91 Å². The van der Waals surface area contributed by atoms with Gasteiger partial charge in [0.2, 0.25) is 5.95 Å². The number of amides is 1. The molecular weight excluding hydrogens is 506 g/mol. The summed E-state index contributed by atoms with van der Waals surface area (Å²) in [5, 5.41) is 5.35. The highest BCUT2D eigenvalue weighted by Crippen LogP contribution is 2.41. The van der Waals surface area contributed by atoms with Gasteiger partial charge in [-0.15, -0.1) is 0 Å². The lowest BCUT2D eigenvalue weighted by Crippen LogP contribution is -2.22. The van der Waals surface area contributed by atoms with E-state index in [2.05, 4.69) is 20.6 Å². The fraction of sp³-hybridized carbons (Fsp3) is 0.174. The summed E-state index contributed by atoms with van der Waals surface area (Å²) in [6, 6.07) is 8.37. The van der Waals surface area contributed by atoms with Crippen LogP contribution in [0.2, 0.25) is 5.02 Å². The molecule has 0 aliphatic carbocycles. The number of nitrogens with one attached hydrogen (secondary N) is 2. The summed E-state index contributed by atoms with van der Waals surface area (Å²) in [4.78, 5) is 21.7. The summed E-state index contributed by atoms with van der Waals surface area (Å²) in [5.74, 6) is -1.10. The van der Waals surface area contributed by atoms with Crippen molar-refractivity contribution in [2.24, 2.45) is 7.05 Å². The lowest BCUT2D eigenvalue weighted by Gasteiger charge is -2.21. The number of alkyl halides is 3. The maximum Gasteiger partial charge on any atom is 0.416 e. The Balaban J connectivity index is 1.56. The van der Waals surface area contributed by atoms with E-state index in [9.17, 15) is 22.4 Å². The van der Waals surface area contributed by atoms with Crippen LogP contribution in [0, 0.1) is 5.82 Å². The van der Waals surface area contributed by atoms with Crippen molar-refractivity contribution < 1.29 is 31.8 Å². The molecule has 0 unspecified atom stereocenters. The number of anilines is 3. The number of aryl methyl sites for hydroxylation is 1. The number of fused-ring (bicyclic) bond motifs is 3. The van der Waals surface area contributed by atoms with E-state index in [-0.39, 0.29) is 58.4 Å². The molecule has 186 valence electrons. The Morgan fingerprint density at radius 2 is 1.81 bits per heavy atom. The van der Waals surface area contributed by atoms with E-state index >= 15 is 0 Å². The highest BCUT2D eigenvalue weighted by atomic mass is 35.5. The van der Waals surface area contributed by atoms with Crippen LogP contribution in [0.15, 0.2) is 42.5 Å². The maximum absolute atomic E-state index is 14.3. The van der Waals surface area contributed by atoms with Crippen molar-refractivity contribution in [2.45, 2.75) is 6.18 Å². The summed E-state index contributed by atoms with van der Waals surface area (Å²) < 4.78 is 66.4. The van der Waals surface area contributed by atoms with E-state index in [1.54, 1.807) is 7.05 Å². The Morgan fingerprint density at radius 3 is 2.53 bits per heavy atom. The second-order valence-electron chi connectivity index (χ2n) is 7.74. The van der Waals surface area contributed by atoms with Crippen LogP contribution in [-0.2, 0) is 13.2 Å². The molecule has 0 radical (unpaired) electrons. The number of para-hydroxylation sites is 1. The number of halogens is 5. The van der Waals surface area contributed by atoms with Crippen molar-refractivity contribution in [2.75, 3.05) is 23.8 Å². The number of nitrogens with zero attached hydrogens (tertiary/aromatic N) is 3. The Bertz CT molecular complexity index is 1490. The number of rotatable bonds is 4. The Morgan fingerprint density at radius 1 is 1.08 bits per heavy atom. The van der Waals surface area contributed by atoms with Gasteiger partial charge in [-0.2, -0.15) is 18.2 Å². The molecule has 4 aromatic rings. The van der Waals surface area contributed by atoms with Crippen LogP contribution in [0.5, 0.6) is 11.5 Å². The van der Waals surface area contributed by atoms with Crippen LogP contribution in [0.4, 0.5) is 34.9 Å². The fourth-order valence-corrected chi connectivity index (χ4v) is 3.91. The number of hydrogen-bond donors (Lipinski definition) is 2. The van der Waals surface area contributed by atoms with Gasteiger partial charge in [-0.05, 0) is 30.3 Å². The van der Waals surface area contributed by atoms with E-state index in [4.69, 9.17) is 21.1 Å². The largest absolute Gasteiger partial charge is 0.484 e. The number of pyridine rings is 1. The van der Waals surface area contributed by atoms with Crippen molar-refractivity contribution in [3.05, 3.63) is 64.6 Å². The molecule has 3 heterocycles. The zero-order chi connectivity index (χ0) is 25.6. The van der Waals surface area contributed by atoms with E-state index in [1.807, 2.05) is 0 Å². The number of hydrogen-bond acceptors (Lipinski definition) is 6. The number of aromatic nitrogens is 3. The molecule has 13 heteroatoms. The third-order valence-electron chi connectivity index (χ3n) is 5.37. The Hall–Kier alpha value is -4.06. The zero-order valence-electron chi connectivity index (χ0n) is 18.4. The van der Waals surface area contributed by atoms with Crippen molar-refractivity contribution in [3.63, 3.8) is 0 Å². The number of carbonyl (C=O) groups excluding carboxylic acids is 1. The summed E-state index contributed by atoms with van der Waals surface area (Å²) >= 11 is 6.11. The first-order valence-corrected chi connectivity index (χ1v) is 10.9. The van der Waals surface area contributed by atoms with E-state index in [0.29, 0.717) is 5.52 Å². The molecule has 0 bridgehead atoms. The molecule has 0 fully saturated rings. The molecule has 1 aliphatic heterocycles. The van der Waals surface area contributed by atoms with Gasteiger partial charge >= 0.3 is 6.18 Å². The molecule has 1 aliphatic rings. The van der Waals surface area contributed by atoms with Gasteiger partial charge in [-0.25, -0.2) is 9.37 Å². The third kappa shape index (κ3) is 4.24. The molecule has 5 rings (SSSR count). The normalized spacial score (nSPS) is 13.1. The average Bonchev–Trinajstić information content (AvgIpc) is 3.16. The van der Waals surface area contributed by atoms with Crippen LogP contribution in [0.1, 0.15) is 16.1 Å². The number of benzene rings is 2. The molecule has 2 aromatic carbocycles. The zero-order valence-corrected chi connectivity index (χ0v) is 19.2. The van der Waals surface area contributed by atoms with Gasteiger partial charge in [0.15, 0.2) is 22.8 Å². The first kappa shape index (κ1) is 23.7.